The molecule has 1 fully saturated rings. The van der Waals surface area contributed by atoms with E-state index in [1.54, 1.807) is 11.8 Å². The Labute approximate surface area is 166 Å². The highest BCUT2D eigenvalue weighted by Crippen LogP contribution is 2.26. The van der Waals surface area contributed by atoms with Crippen molar-refractivity contribution in [1.29, 1.82) is 0 Å². The molecule has 1 aromatic heterocycles. The number of likely N-dealkylation sites (N-methyl/N-ethyl adjacent to an activating group) is 1. The molecular formula is C21H30N4O3. The predicted octanol–water partition coefficient (Wildman–Crippen LogP) is 2.49. The van der Waals surface area contributed by atoms with Gasteiger partial charge in [0.1, 0.15) is 0 Å². The van der Waals surface area contributed by atoms with Gasteiger partial charge in [-0.3, -0.25) is 9.69 Å². The van der Waals surface area contributed by atoms with Crippen molar-refractivity contribution in [2.45, 2.75) is 58.2 Å². The van der Waals surface area contributed by atoms with Gasteiger partial charge < -0.3 is 14.5 Å². The molecule has 1 aliphatic heterocycles. The SMILES string of the molecule is Cc1nc(CN(C)C[C@]2(O)CCCN(Cc3ccc(C(C)C)cc3)C2=O)no1. The molecule has 152 valence electrons. The van der Waals surface area contributed by atoms with Crippen LogP contribution in [0.4, 0.5) is 0 Å². The van der Waals surface area contributed by atoms with Crippen molar-refractivity contribution < 1.29 is 14.4 Å². The standard InChI is InChI=1S/C21H30N4O3/c1-15(2)18-8-6-17(7-9-18)12-25-11-5-10-21(27,20(25)26)14-24(4)13-19-22-16(3)28-23-19/h6-9,15,27H,5,10-14H2,1-4H3/t21-/m1/s1. The molecule has 0 aliphatic carbocycles. The number of amides is 1. The molecule has 0 saturated carbocycles. The smallest absolute Gasteiger partial charge is 0.256 e. The van der Waals surface area contributed by atoms with Crippen molar-refractivity contribution in [1.82, 2.24) is 19.9 Å². The van der Waals surface area contributed by atoms with Crippen LogP contribution < -0.4 is 0 Å². The molecule has 2 aromatic rings. The summed E-state index contributed by atoms with van der Waals surface area (Å²) in [4.78, 5) is 20.8. The van der Waals surface area contributed by atoms with E-state index in [1.807, 2.05) is 11.9 Å². The van der Waals surface area contributed by atoms with Crippen LogP contribution in [0.15, 0.2) is 28.8 Å². The molecule has 0 bridgehead atoms. The van der Waals surface area contributed by atoms with Crippen LogP contribution in [0.1, 0.15) is 55.4 Å². The minimum absolute atomic E-state index is 0.206. The van der Waals surface area contributed by atoms with E-state index in [2.05, 4.69) is 48.3 Å². The molecule has 0 radical (unpaired) electrons. The van der Waals surface area contributed by atoms with Crippen molar-refractivity contribution >= 4 is 5.91 Å². The summed E-state index contributed by atoms with van der Waals surface area (Å²) in [5, 5.41) is 14.9. The second-order valence-electron chi connectivity index (χ2n) is 8.16. The Hall–Kier alpha value is -2.25. The maximum atomic E-state index is 13.0. The van der Waals surface area contributed by atoms with Gasteiger partial charge in [-0.05, 0) is 36.9 Å². The summed E-state index contributed by atoms with van der Waals surface area (Å²) in [5.74, 6) is 1.33. The number of benzene rings is 1. The maximum absolute atomic E-state index is 13.0. The molecule has 0 spiro atoms. The second kappa shape index (κ2) is 8.41. The second-order valence-corrected chi connectivity index (χ2v) is 8.16. The lowest BCUT2D eigenvalue weighted by molar-refractivity contribution is -0.160. The molecule has 1 aliphatic rings. The van der Waals surface area contributed by atoms with Gasteiger partial charge in [-0.2, -0.15) is 4.98 Å². The van der Waals surface area contributed by atoms with Gasteiger partial charge in [0, 0.05) is 26.6 Å². The van der Waals surface area contributed by atoms with Crippen molar-refractivity contribution in [3.8, 4) is 0 Å². The highest BCUT2D eigenvalue weighted by atomic mass is 16.5. The lowest BCUT2D eigenvalue weighted by Gasteiger charge is -2.40. The largest absolute Gasteiger partial charge is 0.379 e. The van der Waals surface area contributed by atoms with Crippen LogP contribution in [0.3, 0.4) is 0 Å². The number of hydrogen-bond donors (Lipinski definition) is 1. The minimum atomic E-state index is -1.39. The number of aromatic nitrogens is 2. The van der Waals surface area contributed by atoms with Gasteiger partial charge in [0.2, 0.25) is 5.89 Å². The van der Waals surface area contributed by atoms with E-state index in [-0.39, 0.29) is 12.5 Å². The first-order valence-corrected chi connectivity index (χ1v) is 9.85. The van der Waals surface area contributed by atoms with Gasteiger partial charge in [0.15, 0.2) is 11.4 Å². The summed E-state index contributed by atoms with van der Waals surface area (Å²) in [5.41, 5.74) is 0.977. The summed E-state index contributed by atoms with van der Waals surface area (Å²) in [6.07, 6.45) is 1.24. The van der Waals surface area contributed by atoms with Crippen LogP contribution in [0.5, 0.6) is 0 Å². The molecule has 3 rings (SSSR count). The van der Waals surface area contributed by atoms with E-state index in [4.69, 9.17) is 4.52 Å². The summed E-state index contributed by atoms with van der Waals surface area (Å²) >= 11 is 0. The molecule has 1 saturated heterocycles. The lowest BCUT2D eigenvalue weighted by atomic mass is 9.90. The molecule has 0 unspecified atom stereocenters. The molecule has 1 aromatic carbocycles. The molecule has 1 atom stereocenters. The van der Waals surface area contributed by atoms with Gasteiger partial charge >= 0.3 is 0 Å². The number of likely N-dealkylation sites (tertiary alicyclic amines) is 1. The first-order valence-electron chi connectivity index (χ1n) is 9.85. The first kappa shape index (κ1) is 20.5. The van der Waals surface area contributed by atoms with Crippen molar-refractivity contribution in [2.24, 2.45) is 0 Å². The summed E-state index contributed by atoms with van der Waals surface area (Å²) < 4.78 is 4.98. The molecule has 28 heavy (non-hydrogen) atoms. The van der Waals surface area contributed by atoms with Crippen LogP contribution in [-0.2, 0) is 17.9 Å². The average molecular weight is 386 g/mol. The molecule has 1 amide bonds. The van der Waals surface area contributed by atoms with E-state index in [0.29, 0.717) is 43.7 Å². The van der Waals surface area contributed by atoms with Crippen molar-refractivity contribution in [3.05, 3.63) is 47.1 Å². The topological polar surface area (TPSA) is 82.7 Å². The van der Waals surface area contributed by atoms with E-state index >= 15 is 0 Å². The Morgan fingerprint density at radius 3 is 2.64 bits per heavy atom. The molecule has 7 heteroatoms. The van der Waals surface area contributed by atoms with Crippen LogP contribution >= 0.6 is 0 Å². The first-order chi connectivity index (χ1) is 13.3. The van der Waals surface area contributed by atoms with E-state index in [9.17, 15) is 9.90 Å². The van der Waals surface area contributed by atoms with Crippen LogP contribution in [0.2, 0.25) is 0 Å². The van der Waals surface area contributed by atoms with Crippen molar-refractivity contribution in [2.75, 3.05) is 20.1 Å². The third-order valence-corrected chi connectivity index (χ3v) is 5.24. The van der Waals surface area contributed by atoms with Gasteiger partial charge in [-0.1, -0.05) is 43.3 Å². The van der Waals surface area contributed by atoms with Crippen molar-refractivity contribution in [3.63, 3.8) is 0 Å². The Morgan fingerprint density at radius 1 is 1.32 bits per heavy atom. The van der Waals surface area contributed by atoms with Crippen LogP contribution in [0, 0.1) is 6.92 Å². The Kier molecular flexibility index (Phi) is 6.15. The van der Waals surface area contributed by atoms with E-state index < -0.39 is 5.60 Å². The Morgan fingerprint density at radius 2 is 2.04 bits per heavy atom. The highest BCUT2D eigenvalue weighted by Gasteiger charge is 2.42. The third kappa shape index (κ3) is 4.77. The normalized spacial score (nSPS) is 20.4. The van der Waals surface area contributed by atoms with E-state index in [1.165, 1.54) is 5.56 Å². The fraction of sp³-hybridized carbons (Fsp3) is 0.571. The number of carbonyl (C=O) groups excluding carboxylic acids is 1. The number of nitrogens with zero attached hydrogens (tertiary/aromatic N) is 4. The van der Waals surface area contributed by atoms with Gasteiger partial charge in [0.25, 0.3) is 5.91 Å². The molecule has 1 N–H and O–H groups in total. The lowest BCUT2D eigenvalue weighted by Crippen LogP contribution is -2.57. The molecular weight excluding hydrogens is 356 g/mol. The summed E-state index contributed by atoms with van der Waals surface area (Å²) in [6, 6.07) is 8.37. The van der Waals surface area contributed by atoms with E-state index in [0.717, 1.165) is 12.0 Å². The summed E-state index contributed by atoms with van der Waals surface area (Å²) in [6.45, 7) is 7.91. The zero-order chi connectivity index (χ0) is 20.3. The number of rotatable bonds is 7. The molecule has 7 nitrogen and oxygen atoms in total. The van der Waals surface area contributed by atoms with Crippen LogP contribution in [-0.4, -0.2) is 56.7 Å². The van der Waals surface area contributed by atoms with Gasteiger partial charge in [-0.25, -0.2) is 0 Å². The number of carbonyl (C=O) groups is 1. The molecule has 2 heterocycles. The zero-order valence-corrected chi connectivity index (χ0v) is 17.2. The maximum Gasteiger partial charge on any atom is 0.256 e. The highest BCUT2D eigenvalue weighted by molar-refractivity contribution is 5.86. The predicted molar refractivity (Wildman–Crippen MR) is 106 cm³/mol. The third-order valence-electron chi connectivity index (χ3n) is 5.24. The number of aryl methyl sites for hydroxylation is 1. The number of hydrogen-bond acceptors (Lipinski definition) is 6. The quantitative estimate of drug-likeness (QED) is 0.787. The fourth-order valence-electron chi connectivity index (χ4n) is 3.74. The minimum Gasteiger partial charge on any atom is -0.379 e. The number of piperidine rings is 1. The number of aliphatic hydroxyl groups is 1. The Balaban J connectivity index is 1.63. The monoisotopic (exact) mass is 386 g/mol. The zero-order valence-electron chi connectivity index (χ0n) is 17.2. The van der Waals surface area contributed by atoms with Gasteiger partial charge in [0.05, 0.1) is 6.54 Å². The Bertz CT molecular complexity index is 802. The fourth-order valence-corrected chi connectivity index (χ4v) is 3.74. The van der Waals surface area contributed by atoms with Gasteiger partial charge in [-0.15, -0.1) is 0 Å². The summed E-state index contributed by atoms with van der Waals surface area (Å²) in [7, 11) is 1.85. The average Bonchev–Trinajstić information content (AvgIpc) is 3.04. The van der Waals surface area contributed by atoms with Crippen LogP contribution in [0.25, 0.3) is 0 Å².